The van der Waals surface area contributed by atoms with Crippen molar-refractivity contribution in [1.82, 2.24) is 55.6 Å². The number of hydrogen-bond acceptors (Lipinski definition) is 14. The molecule has 0 spiro atoms. The number of likely N-dealkylation sites (tertiary alicyclic amines) is 1. The Morgan fingerprint density at radius 3 is 1.62 bits per heavy atom. The highest BCUT2D eigenvalue weighted by atomic mass is 16.5. The SMILES string of the molecule is CCC(N)C(=O)N(C)C(=O)N(CCc1ccccc1)CC(=O)NC(COC(C)(C)C)N(C)[C@@H](Cc1ccccc1)C(=O)N(C)[C@@H](CC(C)C)C(=O)N[C@@H](C(=O)NC(CC(C)C)C(=O)N(C)[C@@H](CC(C)C)C(=O)N[C@H](C(=O)N(C)C(C=O)CC)[C@@H](C)CC)C(=O)N1CCCCC1. The van der Waals surface area contributed by atoms with E-state index in [1.54, 1.807) is 25.8 Å². The van der Waals surface area contributed by atoms with Gasteiger partial charge in [0.2, 0.25) is 41.4 Å². The lowest BCUT2D eigenvalue weighted by atomic mass is 9.95. The van der Waals surface area contributed by atoms with Gasteiger partial charge in [-0.3, -0.25) is 53.0 Å². The number of nitrogens with two attached hydrogens (primary N) is 1. The minimum atomic E-state index is -1.88. The molecule has 95 heavy (non-hydrogen) atoms. The number of nitrogens with zero attached hydrogens (tertiary/aromatic N) is 7. The van der Waals surface area contributed by atoms with Crippen LogP contribution in [0.4, 0.5) is 4.79 Å². The van der Waals surface area contributed by atoms with E-state index in [1.165, 1.54) is 52.7 Å². The van der Waals surface area contributed by atoms with Gasteiger partial charge in [0, 0.05) is 47.8 Å². The smallest absolute Gasteiger partial charge is 0.326 e. The number of likely N-dealkylation sites (N-methyl/N-ethyl adjacent to an activating group) is 5. The zero-order chi connectivity index (χ0) is 71.6. The fourth-order valence-corrected chi connectivity index (χ4v) is 11.4. The van der Waals surface area contributed by atoms with Crippen LogP contribution < -0.4 is 27.0 Å². The Labute approximate surface area is 566 Å². The maximum Gasteiger partial charge on any atom is 0.326 e. The molecule has 1 heterocycles. The van der Waals surface area contributed by atoms with Crippen LogP contribution in [0.2, 0.25) is 0 Å². The van der Waals surface area contributed by atoms with E-state index in [9.17, 15) is 33.6 Å². The van der Waals surface area contributed by atoms with Crippen LogP contribution in [0.1, 0.15) is 159 Å². The molecule has 0 aliphatic carbocycles. The maximum absolute atomic E-state index is 15.7. The topological polar surface area (TPSA) is 294 Å². The molecule has 1 aliphatic heterocycles. The number of imide groups is 1. The standard InChI is InChI=1S/C71H116N12O12/c1-19-49(10)60(68(92)77(14)52(20-2)44-84)75-62(86)55(40-47(6)7)79(16)66(90)54(39-46(4)5)73-64(88)61(69(93)82-36-29-24-30-37-82)76-63(87)56(41-48(8)9)80(17)67(91)57(42-51-33-27-23-28-34-51)78(15)58(45-95-71(11,12)13)74-59(85)43-83(38-35-50-31-25-22-26-32-50)70(94)81(18)65(89)53(72)21-3/h22-23,25-28,31-34,44,46-49,52-58,60-61H,19-21,24,29-30,35-43,45,72H2,1-18H3,(H,73,88)(H,74,85)(H,75,86)(H,76,87)/t49-,52?,53?,54?,55-,56-,57-,58?,60-,61-/m0/s1. The molecule has 532 valence electrons. The Kier molecular flexibility index (Phi) is 34.2. The summed E-state index contributed by atoms with van der Waals surface area (Å²) in [5.41, 5.74) is 6.96. The minimum Gasteiger partial charge on any atom is -0.372 e. The number of carbonyl (C=O) groups excluding carboxylic acids is 11. The molecule has 0 saturated carbocycles. The molecule has 11 amide bonds. The molecule has 0 radical (unpaired) electrons. The van der Waals surface area contributed by atoms with Crippen LogP contribution in [0.5, 0.6) is 0 Å². The molecule has 0 aromatic heterocycles. The van der Waals surface area contributed by atoms with Gasteiger partial charge in [-0.25, -0.2) is 4.79 Å². The summed E-state index contributed by atoms with van der Waals surface area (Å²) in [5.74, 6) is -6.94. The number of rotatable bonds is 37. The quantitative estimate of drug-likeness (QED) is 0.0322. The first-order valence-electron chi connectivity index (χ1n) is 34.1. The fraction of sp³-hybridized carbons (Fsp3) is 0.676. The third-order valence-electron chi connectivity index (χ3n) is 17.6. The molecule has 1 aliphatic rings. The number of amides is 11. The molecular formula is C71H116N12O12. The highest BCUT2D eigenvalue weighted by molar-refractivity contribution is 6.09. The molecule has 2 aromatic carbocycles. The van der Waals surface area contributed by atoms with Crippen LogP contribution in [0, 0.1) is 23.7 Å². The number of aldehydes is 1. The third kappa shape index (κ3) is 25.7. The van der Waals surface area contributed by atoms with Gasteiger partial charge in [0.25, 0.3) is 11.8 Å². The number of benzene rings is 2. The maximum atomic E-state index is 15.7. The molecular weight excluding hydrogens is 1210 g/mol. The van der Waals surface area contributed by atoms with Crippen LogP contribution in [0.15, 0.2) is 60.7 Å². The Bertz CT molecular complexity index is 2810. The minimum absolute atomic E-state index is 0.0563. The van der Waals surface area contributed by atoms with Gasteiger partial charge in [0.05, 0.1) is 30.3 Å². The number of urea groups is 1. The van der Waals surface area contributed by atoms with Crippen LogP contribution in [0.3, 0.4) is 0 Å². The molecule has 0 bridgehead atoms. The Hall–Kier alpha value is -7.31. The summed E-state index contributed by atoms with van der Waals surface area (Å²) < 4.78 is 6.33. The lowest BCUT2D eigenvalue weighted by Gasteiger charge is -2.40. The van der Waals surface area contributed by atoms with E-state index < -0.39 is 126 Å². The van der Waals surface area contributed by atoms with Crippen molar-refractivity contribution < 1.29 is 57.5 Å². The van der Waals surface area contributed by atoms with Gasteiger partial charge in [-0.1, -0.05) is 136 Å². The molecule has 2 aromatic rings. The van der Waals surface area contributed by atoms with Crippen molar-refractivity contribution in [2.45, 2.75) is 221 Å². The lowest BCUT2D eigenvalue weighted by molar-refractivity contribution is -0.149. The van der Waals surface area contributed by atoms with Crippen molar-refractivity contribution in [3.05, 3.63) is 71.8 Å². The van der Waals surface area contributed by atoms with Gasteiger partial charge >= 0.3 is 6.03 Å². The summed E-state index contributed by atoms with van der Waals surface area (Å²) in [6.07, 6.45) is 3.65. The highest BCUT2D eigenvalue weighted by Gasteiger charge is 2.43. The van der Waals surface area contributed by atoms with Gasteiger partial charge in [0.15, 0.2) is 6.04 Å². The predicted molar refractivity (Wildman–Crippen MR) is 368 cm³/mol. The van der Waals surface area contributed by atoms with E-state index in [-0.39, 0.29) is 68.9 Å². The molecule has 6 N–H and O–H groups in total. The number of piperidine rings is 1. The Morgan fingerprint density at radius 1 is 0.600 bits per heavy atom. The molecule has 1 fully saturated rings. The van der Waals surface area contributed by atoms with Gasteiger partial charge in [-0.05, 0) is 127 Å². The van der Waals surface area contributed by atoms with Gasteiger partial charge in [-0.15, -0.1) is 0 Å². The lowest BCUT2D eigenvalue weighted by Crippen LogP contribution is -2.64. The van der Waals surface area contributed by atoms with Gasteiger partial charge in [-0.2, -0.15) is 0 Å². The van der Waals surface area contributed by atoms with Crippen molar-refractivity contribution in [3.8, 4) is 0 Å². The van der Waals surface area contributed by atoms with Crippen LogP contribution in [-0.2, 0) is 65.5 Å². The summed E-state index contributed by atoms with van der Waals surface area (Å²) in [7, 11) is 7.42. The van der Waals surface area contributed by atoms with E-state index >= 15 is 19.2 Å². The molecule has 10 atom stereocenters. The van der Waals surface area contributed by atoms with E-state index in [2.05, 4.69) is 21.3 Å². The summed E-state index contributed by atoms with van der Waals surface area (Å²) in [6, 6.07) is 8.38. The van der Waals surface area contributed by atoms with E-state index in [4.69, 9.17) is 10.5 Å². The van der Waals surface area contributed by atoms with Crippen molar-refractivity contribution in [2.75, 3.05) is 68.0 Å². The molecule has 4 unspecified atom stereocenters. The monoisotopic (exact) mass is 1330 g/mol. The average molecular weight is 1330 g/mol. The zero-order valence-electron chi connectivity index (χ0n) is 60.3. The summed E-state index contributed by atoms with van der Waals surface area (Å²) in [4.78, 5) is 168. The number of hydrogen-bond donors (Lipinski definition) is 5. The second-order valence-corrected chi connectivity index (χ2v) is 27.9. The van der Waals surface area contributed by atoms with Crippen molar-refractivity contribution in [2.24, 2.45) is 29.4 Å². The third-order valence-corrected chi connectivity index (χ3v) is 17.6. The Morgan fingerprint density at radius 2 is 1.13 bits per heavy atom. The van der Waals surface area contributed by atoms with Crippen molar-refractivity contribution in [1.29, 1.82) is 0 Å². The second kappa shape index (κ2) is 39.7. The summed E-state index contributed by atoms with van der Waals surface area (Å²) in [6.45, 7) is 24.0. The normalized spacial score (nSPS) is 15.8. The average Bonchev–Trinajstić information content (AvgIpc) is 0.836. The first-order chi connectivity index (χ1) is 44.6. The number of ether oxygens (including phenoxy) is 1. The zero-order valence-corrected chi connectivity index (χ0v) is 60.3. The van der Waals surface area contributed by atoms with Crippen LogP contribution in [0.25, 0.3) is 0 Å². The fourth-order valence-electron chi connectivity index (χ4n) is 11.4. The molecule has 24 nitrogen and oxygen atoms in total. The second-order valence-electron chi connectivity index (χ2n) is 27.9. The molecule has 24 heteroatoms. The first-order valence-corrected chi connectivity index (χ1v) is 34.1. The first kappa shape index (κ1) is 81.9. The largest absolute Gasteiger partial charge is 0.372 e. The number of carbonyl (C=O) groups is 11. The van der Waals surface area contributed by atoms with Crippen LogP contribution >= 0.6 is 0 Å². The van der Waals surface area contributed by atoms with Crippen LogP contribution in [-0.4, -0.2) is 228 Å². The molecule has 1 saturated heterocycles. The van der Waals surface area contributed by atoms with E-state index in [0.717, 1.165) is 22.4 Å². The van der Waals surface area contributed by atoms with E-state index in [0.29, 0.717) is 51.5 Å². The van der Waals surface area contributed by atoms with Crippen molar-refractivity contribution in [3.63, 3.8) is 0 Å². The highest BCUT2D eigenvalue weighted by Crippen LogP contribution is 2.23. The number of nitrogens with one attached hydrogen (secondary N) is 4. The predicted octanol–water partition coefficient (Wildman–Crippen LogP) is 5.39. The summed E-state index contributed by atoms with van der Waals surface area (Å²) in [5, 5.41) is 11.5. The van der Waals surface area contributed by atoms with Gasteiger partial charge in [0.1, 0.15) is 43.2 Å². The molecule has 3 rings (SSSR count). The van der Waals surface area contributed by atoms with E-state index in [1.807, 2.05) is 137 Å². The summed E-state index contributed by atoms with van der Waals surface area (Å²) >= 11 is 0. The van der Waals surface area contributed by atoms with Gasteiger partial charge < -0.3 is 61.0 Å². The Balaban J connectivity index is 2.14. The van der Waals surface area contributed by atoms with Crippen molar-refractivity contribution >= 4 is 65.5 Å².